The summed E-state index contributed by atoms with van der Waals surface area (Å²) in [5, 5.41) is 4.34. The fourth-order valence-corrected chi connectivity index (χ4v) is 8.38. The number of rotatable bonds is 7. The van der Waals surface area contributed by atoms with Gasteiger partial charge in [-0.3, -0.25) is 0 Å². The van der Waals surface area contributed by atoms with Crippen molar-refractivity contribution < 1.29 is 4.42 Å². The maximum Gasteiger partial charge on any atom is 0.166 e. The fraction of sp³-hybridized carbons (Fsp3) is 0. The van der Waals surface area contributed by atoms with Crippen LogP contribution in [-0.2, 0) is 0 Å². The largest absolute Gasteiger partial charge is 0.456 e. The third kappa shape index (κ3) is 6.09. The van der Waals surface area contributed by atoms with Gasteiger partial charge in [0.2, 0.25) is 0 Å². The SMILES string of the molecule is c1ccc(-c2nc(-c3ccc(-n4c5ccccc5c5ccccc54)c(-c4nc(-c5ccccc5)nc(-c5ccccc5)n4)c3)nc(-c3ccc4oc5ccccc5c4c3)n2)cc1. The number of fused-ring (bicyclic) bond motifs is 6. The first kappa shape index (κ1) is 35.3. The van der Waals surface area contributed by atoms with Crippen LogP contribution in [-0.4, -0.2) is 34.5 Å². The smallest absolute Gasteiger partial charge is 0.166 e. The van der Waals surface area contributed by atoms with E-state index in [1.807, 2.05) is 121 Å². The van der Waals surface area contributed by atoms with E-state index in [1.54, 1.807) is 0 Å². The minimum Gasteiger partial charge on any atom is -0.456 e. The lowest BCUT2D eigenvalue weighted by Crippen LogP contribution is -2.05. The van der Waals surface area contributed by atoms with E-state index in [-0.39, 0.29) is 0 Å². The van der Waals surface area contributed by atoms with Crippen LogP contribution in [0.25, 0.3) is 118 Å². The molecule has 0 unspecified atom stereocenters. The Morgan fingerprint density at radius 1 is 0.290 bits per heavy atom. The molecule has 8 heteroatoms. The Morgan fingerprint density at radius 3 is 1.24 bits per heavy atom. The predicted molar refractivity (Wildman–Crippen MR) is 247 cm³/mol. The van der Waals surface area contributed by atoms with Crippen molar-refractivity contribution in [1.82, 2.24) is 34.5 Å². The molecule has 0 spiro atoms. The number of furan rings is 1. The van der Waals surface area contributed by atoms with Gasteiger partial charge in [0.05, 0.1) is 16.7 Å². The van der Waals surface area contributed by atoms with Gasteiger partial charge in [-0.1, -0.05) is 146 Å². The molecule has 0 atom stereocenters. The van der Waals surface area contributed by atoms with Gasteiger partial charge in [-0.25, -0.2) is 29.9 Å². The average Bonchev–Trinajstić information content (AvgIpc) is 3.90. The van der Waals surface area contributed by atoms with Crippen LogP contribution in [0.2, 0.25) is 0 Å². The Morgan fingerprint density at radius 2 is 0.694 bits per heavy atom. The van der Waals surface area contributed by atoms with Crippen LogP contribution in [0.4, 0.5) is 0 Å². The number of hydrogen-bond donors (Lipinski definition) is 0. The second kappa shape index (κ2) is 14.6. The molecular weight excluding hydrogens is 763 g/mol. The fourth-order valence-electron chi connectivity index (χ4n) is 8.38. The molecule has 4 aromatic heterocycles. The van der Waals surface area contributed by atoms with E-state index in [0.717, 1.165) is 82.8 Å². The zero-order valence-corrected chi connectivity index (χ0v) is 33.1. The minimum absolute atomic E-state index is 0.515. The number of hydrogen-bond acceptors (Lipinski definition) is 7. The van der Waals surface area contributed by atoms with Gasteiger partial charge >= 0.3 is 0 Å². The van der Waals surface area contributed by atoms with Crippen molar-refractivity contribution in [2.75, 3.05) is 0 Å². The quantitative estimate of drug-likeness (QED) is 0.158. The van der Waals surface area contributed by atoms with Crippen LogP contribution in [0.3, 0.4) is 0 Å². The first-order chi connectivity index (χ1) is 30.7. The predicted octanol–water partition coefficient (Wildman–Crippen LogP) is 13.1. The van der Waals surface area contributed by atoms with Gasteiger partial charge in [0.25, 0.3) is 0 Å². The lowest BCUT2D eigenvalue weighted by atomic mass is 10.0. The van der Waals surface area contributed by atoms with Crippen LogP contribution in [0, 0.1) is 0 Å². The molecule has 12 rings (SSSR count). The van der Waals surface area contributed by atoms with E-state index < -0.39 is 0 Å². The summed E-state index contributed by atoms with van der Waals surface area (Å²) < 4.78 is 8.48. The van der Waals surface area contributed by atoms with Crippen molar-refractivity contribution >= 4 is 43.7 Å². The third-order valence-corrected chi connectivity index (χ3v) is 11.3. The summed E-state index contributed by atoms with van der Waals surface area (Å²) in [5.41, 5.74) is 9.77. The highest BCUT2D eigenvalue weighted by Gasteiger charge is 2.22. The van der Waals surface area contributed by atoms with Crippen molar-refractivity contribution in [1.29, 1.82) is 0 Å². The van der Waals surface area contributed by atoms with Crippen LogP contribution in [0.15, 0.2) is 205 Å². The van der Waals surface area contributed by atoms with Crippen molar-refractivity contribution in [3.05, 3.63) is 200 Å². The maximum absolute atomic E-state index is 6.18. The third-order valence-electron chi connectivity index (χ3n) is 11.3. The molecule has 8 aromatic carbocycles. The van der Waals surface area contributed by atoms with Gasteiger partial charge in [-0.05, 0) is 54.6 Å². The van der Waals surface area contributed by atoms with E-state index in [0.29, 0.717) is 34.9 Å². The van der Waals surface area contributed by atoms with Crippen molar-refractivity contribution in [2.45, 2.75) is 0 Å². The van der Waals surface area contributed by atoms with Gasteiger partial charge in [-0.15, -0.1) is 0 Å². The van der Waals surface area contributed by atoms with E-state index >= 15 is 0 Å². The first-order valence-corrected chi connectivity index (χ1v) is 20.5. The summed E-state index contributed by atoms with van der Waals surface area (Å²) in [6.07, 6.45) is 0. The highest BCUT2D eigenvalue weighted by atomic mass is 16.3. The van der Waals surface area contributed by atoms with Gasteiger partial charge in [-0.2, -0.15) is 0 Å². The Balaban J connectivity index is 1.13. The summed E-state index contributed by atoms with van der Waals surface area (Å²) in [6.45, 7) is 0. The molecule has 8 nitrogen and oxygen atoms in total. The lowest BCUT2D eigenvalue weighted by molar-refractivity contribution is 0.669. The molecular formula is C54H33N7O. The monoisotopic (exact) mass is 795 g/mol. The zero-order chi connectivity index (χ0) is 41.0. The Labute approximate surface area is 355 Å². The molecule has 290 valence electrons. The summed E-state index contributed by atoms with van der Waals surface area (Å²) in [6, 6.07) is 67.6. The van der Waals surface area contributed by atoms with Crippen LogP contribution in [0.1, 0.15) is 0 Å². The molecule has 0 bridgehead atoms. The topological polar surface area (TPSA) is 95.4 Å². The zero-order valence-electron chi connectivity index (χ0n) is 33.1. The first-order valence-electron chi connectivity index (χ1n) is 20.5. The van der Waals surface area contributed by atoms with Crippen LogP contribution < -0.4 is 0 Å². The normalized spacial score (nSPS) is 11.5. The Kier molecular flexibility index (Phi) is 8.31. The second-order valence-electron chi connectivity index (χ2n) is 15.1. The molecule has 0 saturated heterocycles. The molecule has 4 heterocycles. The molecule has 0 fully saturated rings. The van der Waals surface area contributed by atoms with Crippen molar-refractivity contribution in [3.63, 3.8) is 0 Å². The van der Waals surface area contributed by atoms with Gasteiger partial charge in [0.1, 0.15) is 11.2 Å². The minimum atomic E-state index is 0.515. The Bertz CT molecular complexity index is 3530. The molecule has 0 aliphatic heterocycles. The van der Waals surface area contributed by atoms with E-state index in [2.05, 4.69) is 83.4 Å². The van der Waals surface area contributed by atoms with Crippen molar-refractivity contribution in [3.8, 4) is 74.0 Å². The second-order valence-corrected chi connectivity index (χ2v) is 15.1. The van der Waals surface area contributed by atoms with E-state index in [1.165, 1.54) is 0 Å². The van der Waals surface area contributed by atoms with E-state index in [9.17, 15) is 0 Å². The van der Waals surface area contributed by atoms with Gasteiger partial charge in [0.15, 0.2) is 34.9 Å². The standard InChI is InChI=1S/C54H33N7O/c1-4-16-34(17-5-1)49-56-52(58-53(57-49)38-29-31-48-42(32-38)41-24-12-15-27-47(41)62-48)37-28-30-46(61-44-25-13-10-22-39(44)40-23-11-14-26-45(40)61)43(33-37)54-59-50(35-18-6-2-7-19-35)55-51(60-54)36-20-8-3-9-21-36/h1-33H. The summed E-state index contributed by atoms with van der Waals surface area (Å²) in [4.78, 5) is 31.0. The molecule has 0 aliphatic rings. The molecule has 62 heavy (non-hydrogen) atoms. The molecule has 0 amide bonds. The molecule has 0 saturated carbocycles. The van der Waals surface area contributed by atoms with Crippen molar-refractivity contribution in [2.24, 2.45) is 0 Å². The summed E-state index contributed by atoms with van der Waals surface area (Å²) in [7, 11) is 0. The number of benzene rings is 8. The highest BCUT2D eigenvalue weighted by Crippen LogP contribution is 2.39. The van der Waals surface area contributed by atoms with Gasteiger partial charge in [0, 0.05) is 54.9 Å². The molecule has 12 aromatic rings. The molecule has 0 aliphatic carbocycles. The number of aromatic nitrogens is 7. The molecule has 0 N–H and O–H groups in total. The van der Waals surface area contributed by atoms with Gasteiger partial charge < -0.3 is 8.98 Å². The number of para-hydroxylation sites is 3. The average molecular weight is 796 g/mol. The lowest BCUT2D eigenvalue weighted by Gasteiger charge is -2.16. The van der Waals surface area contributed by atoms with Crippen LogP contribution >= 0.6 is 0 Å². The highest BCUT2D eigenvalue weighted by molar-refractivity contribution is 6.10. The summed E-state index contributed by atoms with van der Waals surface area (Å²) >= 11 is 0. The maximum atomic E-state index is 6.18. The Hall–Kier alpha value is -8.62. The summed E-state index contributed by atoms with van der Waals surface area (Å²) in [5.74, 6) is 3.29. The van der Waals surface area contributed by atoms with Crippen LogP contribution in [0.5, 0.6) is 0 Å². The molecule has 0 radical (unpaired) electrons. The van der Waals surface area contributed by atoms with E-state index in [4.69, 9.17) is 34.3 Å². The number of nitrogens with zero attached hydrogens (tertiary/aromatic N) is 7.